The van der Waals surface area contributed by atoms with Crippen molar-refractivity contribution < 1.29 is 117 Å². The van der Waals surface area contributed by atoms with E-state index in [0.29, 0.717) is 19.8 Å². The molecular formula is C95H118O24. The molecular weight excluding hydrogens is 1530 g/mol. The third kappa shape index (κ3) is 22.2. The van der Waals surface area contributed by atoms with E-state index in [2.05, 4.69) is 52.0 Å². The maximum atomic E-state index is 10.7. The number of hydrogen-bond donors (Lipinski definition) is 8. The lowest BCUT2D eigenvalue weighted by atomic mass is 9.93. The quantitative estimate of drug-likeness (QED) is 0.0313. The van der Waals surface area contributed by atoms with Crippen LogP contribution in [0.3, 0.4) is 0 Å². The molecule has 25 atom stereocenters. The van der Waals surface area contributed by atoms with Crippen molar-refractivity contribution in [2.24, 2.45) is 0 Å². The monoisotopic (exact) mass is 1640 g/mol. The second kappa shape index (κ2) is 42.7. The number of aliphatic hydroxyl groups excluding tert-OH is 8. The molecule has 0 aromatic heterocycles. The largest absolute Gasteiger partial charge is 0.394 e. The molecule has 8 N–H and O–H groups in total. The summed E-state index contributed by atoms with van der Waals surface area (Å²) >= 11 is 0. The Labute approximate surface area is 697 Å². The van der Waals surface area contributed by atoms with Gasteiger partial charge in [-0.3, -0.25) is 0 Å². The predicted molar refractivity (Wildman–Crippen MR) is 438 cm³/mol. The molecule has 8 aromatic rings. The molecule has 8 heterocycles. The molecule has 8 aromatic carbocycles. The number of benzene rings is 8. The van der Waals surface area contributed by atoms with Gasteiger partial charge in [0.2, 0.25) is 0 Å². The highest BCUT2D eigenvalue weighted by Crippen LogP contribution is 2.46. The van der Waals surface area contributed by atoms with Crippen LogP contribution in [-0.2, 0) is 88.6 Å². The molecule has 0 spiro atoms. The fourth-order valence-corrected chi connectivity index (χ4v) is 15.8. The SMILES string of the molecule is CCCc1ccc(C2OC(C(O)CO)C3OC(c4ccc(CCC)cc4)OC(CCC)C3O2)cc1.Cc1ccc(C2OC3COC(c4ccc(C)c(C)c4)OC3C(C(O)CO)O2)cc1C.Cc1ccc(C2OC3COC(c4ccc(C)cc4)OC3C(C(O)CO)O2)cc1.OCC(O)C1OC(c2ccccc2)OC2COC(c3ccccc3)OC21. The molecule has 8 aliphatic heterocycles. The third-order valence-electron chi connectivity index (χ3n) is 22.9. The van der Waals surface area contributed by atoms with Crippen LogP contribution in [0.5, 0.6) is 0 Å². The molecule has 0 aliphatic carbocycles. The van der Waals surface area contributed by atoms with Crippen molar-refractivity contribution in [1.82, 2.24) is 0 Å². The van der Waals surface area contributed by atoms with E-state index < -0.39 is 174 Å². The molecule has 24 heteroatoms. The summed E-state index contributed by atoms with van der Waals surface area (Å²) in [5.74, 6) is 0. The summed E-state index contributed by atoms with van der Waals surface area (Å²) in [4.78, 5) is 0. The second-order valence-corrected chi connectivity index (χ2v) is 31.9. The minimum atomic E-state index is -1.10. The van der Waals surface area contributed by atoms with Crippen LogP contribution in [0.2, 0.25) is 0 Å². The van der Waals surface area contributed by atoms with E-state index in [-0.39, 0.29) is 6.10 Å². The van der Waals surface area contributed by atoms with Gasteiger partial charge < -0.3 is 117 Å². The minimum absolute atomic E-state index is 0.224. The fourth-order valence-electron chi connectivity index (χ4n) is 15.8. The number of rotatable bonds is 22. The van der Waals surface area contributed by atoms with Crippen molar-refractivity contribution in [3.8, 4) is 0 Å². The molecule has 8 saturated heterocycles. The predicted octanol–water partition coefficient (Wildman–Crippen LogP) is 12.7. The molecule has 8 fully saturated rings. The first-order valence-corrected chi connectivity index (χ1v) is 41.8. The van der Waals surface area contributed by atoms with Crippen molar-refractivity contribution in [2.45, 2.75) is 255 Å². The Morgan fingerprint density at radius 1 is 0.277 bits per heavy atom. The van der Waals surface area contributed by atoms with E-state index in [4.69, 9.17) is 75.8 Å². The van der Waals surface area contributed by atoms with E-state index in [1.807, 2.05) is 204 Å². The van der Waals surface area contributed by atoms with Gasteiger partial charge in [-0.1, -0.05) is 245 Å². The number of hydrogen-bond acceptors (Lipinski definition) is 24. The Balaban J connectivity index is 0.000000138. The Kier molecular flexibility index (Phi) is 32.2. The minimum Gasteiger partial charge on any atom is -0.394 e. The topological polar surface area (TPSA) is 310 Å². The van der Waals surface area contributed by atoms with Crippen molar-refractivity contribution in [3.05, 3.63) is 283 Å². The highest BCUT2D eigenvalue weighted by molar-refractivity contribution is 5.34. The lowest BCUT2D eigenvalue weighted by molar-refractivity contribution is -0.391. The summed E-state index contributed by atoms with van der Waals surface area (Å²) < 4.78 is 97.9. The molecule has 0 saturated carbocycles. The van der Waals surface area contributed by atoms with E-state index in [0.717, 1.165) is 105 Å². The van der Waals surface area contributed by atoms with Gasteiger partial charge in [0.25, 0.3) is 0 Å². The van der Waals surface area contributed by atoms with Crippen LogP contribution in [0.1, 0.15) is 186 Å². The van der Waals surface area contributed by atoms with Crippen molar-refractivity contribution in [1.29, 1.82) is 0 Å². The van der Waals surface area contributed by atoms with Gasteiger partial charge in [-0.2, -0.15) is 0 Å². The molecule has 25 unspecified atom stereocenters. The van der Waals surface area contributed by atoms with Gasteiger partial charge in [-0.25, -0.2) is 0 Å². The molecule has 0 amide bonds. The molecule has 0 radical (unpaired) electrons. The molecule has 119 heavy (non-hydrogen) atoms. The summed E-state index contributed by atoms with van der Waals surface area (Å²) in [6, 6.07) is 63.3. The number of fused-ring (bicyclic) bond motifs is 4. The summed E-state index contributed by atoms with van der Waals surface area (Å²) in [6.07, 6.45) is -10.4. The zero-order valence-electron chi connectivity index (χ0n) is 69.2. The summed E-state index contributed by atoms with van der Waals surface area (Å²) in [5.41, 5.74) is 16.5. The van der Waals surface area contributed by atoms with E-state index >= 15 is 0 Å². The molecule has 24 nitrogen and oxygen atoms in total. The average molecular weight is 1640 g/mol. The Morgan fingerprint density at radius 3 is 0.924 bits per heavy atom. The third-order valence-corrected chi connectivity index (χ3v) is 22.9. The lowest BCUT2D eigenvalue weighted by Gasteiger charge is -2.50. The van der Waals surface area contributed by atoms with Gasteiger partial charge in [0.15, 0.2) is 50.3 Å². The number of ether oxygens (including phenoxy) is 16. The highest BCUT2D eigenvalue weighted by atomic mass is 16.8. The summed E-state index contributed by atoms with van der Waals surface area (Å²) in [6.45, 7) is 17.9. The summed E-state index contributed by atoms with van der Waals surface area (Å²) in [7, 11) is 0. The number of aryl methyl sites for hydroxylation is 8. The Bertz CT molecular complexity index is 4370. The van der Waals surface area contributed by atoms with E-state index in [9.17, 15) is 40.9 Å². The van der Waals surface area contributed by atoms with E-state index in [1.54, 1.807) is 0 Å². The van der Waals surface area contributed by atoms with Gasteiger partial charge in [0.05, 0.1) is 52.4 Å². The van der Waals surface area contributed by atoms with Crippen LogP contribution in [-0.4, -0.2) is 191 Å². The van der Waals surface area contributed by atoms with E-state index in [1.165, 1.54) is 22.3 Å². The van der Waals surface area contributed by atoms with Gasteiger partial charge in [0, 0.05) is 44.5 Å². The fraction of sp³-hybridized carbons (Fsp3) is 0.495. The zero-order chi connectivity index (χ0) is 83.8. The van der Waals surface area contributed by atoms with Crippen molar-refractivity contribution >= 4 is 0 Å². The van der Waals surface area contributed by atoms with Crippen molar-refractivity contribution in [2.75, 3.05) is 46.2 Å². The second-order valence-electron chi connectivity index (χ2n) is 31.9. The first kappa shape index (κ1) is 89.6. The smallest absolute Gasteiger partial charge is 0.184 e. The Hall–Kier alpha value is -7.20. The molecule has 642 valence electrons. The van der Waals surface area contributed by atoms with Crippen LogP contribution in [0.25, 0.3) is 0 Å². The maximum Gasteiger partial charge on any atom is 0.184 e. The molecule has 0 bridgehead atoms. The first-order valence-electron chi connectivity index (χ1n) is 41.8. The van der Waals surface area contributed by atoms with Crippen LogP contribution in [0.4, 0.5) is 0 Å². The normalized spacial score (nSPS) is 30.7. The maximum absolute atomic E-state index is 10.7. The van der Waals surface area contributed by atoms with Gasteiger partial charge in [0.1, 0.15) is 97.7 Å². The van der Waals surface area contributed by atoms with Crippen LogP contribution in [0.15, 0.2) is 194 Å². The Morgan fingerprint density at radius 2 is 0.563 bits per heavy atom. The van der Waals surface area contributed by atoms with Gasteiger partial charge >= 0.3 is 0 Å². The first-order chi connectivity index (χ1) is 57.7. The average Bonchev–Trinajstić information content (AvgIpc) is 0.790. The van der Waals surface area contributed by atoms with Crippen LogP contribution < -0.4 is 0 Å². The zero-order valence-corrected chi connectivity index (χ0v) is 69.2. The standard InChI is InChI=1S/C29H40O6.C24H30O6.C22H26O6.C20H22O6/c1-4-7-19-10-14-21(15-11-19)28-32-24(9-6-3)26-27(35-28)25(23(31)18-30)33-29(34-26)22-16-12-20(8-5-2)13-17-22;1-13-5-7-17(9-15(13)3)23-27-12-20-22(30-23)21(19(26)11-25)29-24(28-20)18-8-6-14(2)16(4)10-18;1-13-3-7-15(8-4-13)21-25-12-18-20(28-21)19(17(24)11-23)27-22(26-18)16-9-5-14(2)6-10-16;21-11-15(22)17-18-16(24-20(25-17)14-9-5-2-6-10-14)12-23-19(26-18)13-7-3-1-4-8-13/h10-17,23-31H,4-9,18H2,1-3H3;5-10,19-26H,11-12H2,1-4H3;3-10,17-24H,11-12H2,1-2H3;1-10,15-22H,11-12H2. The van der Waals surface area contributed by atoms with Gasteiger partial charge in [-0.15, -0.1) is 0 Å². The van der Waals surface area contributed by atoms with Crippen LogP contribution in [0, 0.1) is 41.5 Å². The lowest BCUT2D eigenvalue weighted by Crippen LogP contribution is -2.61. The van der Waals surface area contributed by atoms with Gasteiger partial charge in [-0.05, 0) is 94.2 Å². The van der Waals surface area contributed by atoms with Crippen molar-refractivity contribution in [3.63, 3.8) is 0 Å². The highest BCUT2D eigenvalue weighted by Gasteiger charge is 2.54. The molecule has 16 rings (SSSR count). The summed E-state index contributed by atoms with van der Waals surface area (Å²) in [5, 5.41) is 80.3. The van der Waals surface area contributed by atoms with Crippen LogP contribution >= 0.6 is 0 Å². The number of aliphatic hydroxyl groups is 8. The molecule has 8 aliphatic rings.